The van der Waals surface area contributed by atoms with E-state index in [9.17, 15) is 0 Å². The van der Waals surface area contributed by atoms with Crippen LogP contribution in [-0.2, 0) is 6.61 Å². The number of aromatic nitrogens is 2. The molecule has 0 fully saturated rings. The van der Waals surface area contributed by atoms with Gasteiger partial charge in [0.25, 0.3) is 0 Å². The molecule has 4 heteroatoms. The van der Waals surface area contributed by atoms with Crippen LogP contribution in [0, 0.1) is 6.92 Å². The van der Waals surface area contributed by atoms with Crippen molar-refractivity contribution >= 4 is 5.82 Å². The molecule has 0 aliphatic rings. The number of rotatable bonds is 3. The van der Waals surface area contributed by atoms with Gasteiger partial charge < -0.3 is 10.5 Å². The van der Waals surface area contributed by atoms with Crippen molar-refractivity contribution < 1.29 is 4.74 Å². The van der Waals surface area contributed by atoms with E-state index >= 15 is 0 Å². The minimum atomic E-state index is 0.452. The minimum absolute atomic E-state index is 0.452. The first kappa shape index (κ1) is 9.58. The maximum Gasteiger partial charge on any atom is 0.145 e. The Morgan fingerprint density at radius 1 is 1.40 bits per heavy atom. The molecule has 2 aromatic rings. The van der Waals surface area contributed by atoms with Crippen LogP contribution in [0.15, 0.2) is 30.3 Å². The molecule has 3 N–H and O–H groups in total. The number of aromatic amines is 1. The first-order valence-electron chi connectivity index (χ1n) is 4.73. The van der Waals surface area contributed by atoms with Gasteiger partial charge in [-0.2, -0.15) is 5.10 Å². The van der Waals surface area contributed by atoms with E-state index in [2.05, 4.69) is 10.2 Å². The summed E-state index contributed by atoms with van der Waals surface area (Å²) in [6.07, 6.45) is 0. The van der Waals surface area contributed by atoms with Gasteiger partial charge >= 0.3 is 0 Å². The first-order valence-corrected chi connectivity index (χ1v) is 4.73. The second kappa shape index (κ2) is 4.04. The normalized spacial score (nSPS) is 10.2. The maximum absolute atomic E-state index is 5.56. The number of hydrogen-bond donors (Lipinski definition) is 2. The van der Waals surface area contributed by atoms with Gasteiger partial charge in [-0.3, -0.25) is 5.10 Å². The maximum atomic E-state index is 5.56. The lowest BCUT2D eigenvalue weighted by Gasteiger charge is -2.04. The van der Waals surface area contributed by atoms with Gasteiger partial charge in [0.15, 0.2) is 0 Å². The number of H-pyrrole nitrogens is 1. The van der Waals surface area contributed by atoms with Crippen LogP contribution in [0.5, 0.6) is 5.75 Å². The highest BCUT2D eigenvalue weighted by atomic mass is 16.5. The molecular formula is C11H13N3O. The van der Waals surface area contributed by atoms with Crippen LogP contribution in [0.3, 0.4) is 0 Å². The van der Waals surface area contributed by atoms with Crippen LogP contribution in [0.25, 0.3) is 0 Å². The summed E-state index contributed by atoms with van der Waals surface area (Å²) >= 11 is 0. The van der Waals surface area contributed by atoms with Crippen molar-refractivity contribution in [2.75, 3.05) is 5.73 Å². The smallest absolute Gasteiger partial charge is 0.145 e. The molecule has 0 amide bonds. The Morgan fingerprint density at radius 3 is 2.93 bits per heavy atom. The highest BCUT2D eigenvalue weighted by Crippen LogP contribution is 2.14. The number of anilines is 1. The molecule has 0 atom stereocenters. The van der Waals surface area contributed by atoms with Gasteiger partial charge in [-0.1, -0.05) is 12.1 Å². The number of aryl methyl sites for hydroxylation is 1. The van der Waals surface area contributed by atoms with Crippen LogP contribution in [0.2, 0.25) is 0 Å². The number of hydrogen-bond acceptors (Lipinski definition) is 3. The zero-order valence-electron chi connectivity index (χ0n) is 8.53. The van der Waals surface area contributed by atoms with Gasteiger partial charge in [-0.25, -0.2) is 0 Å². The Bertz CT molecular complexity index is 451. The minimum Gasteiger partial charge on any atom is -0.487 e. The lowest BCUT2D eigenvalue weighted by Crippen LogP contribution is -1.95. The van der Waals surface area contributed by atoms with Crippen molar-refractivity contribution in [1.29, 1.82) is 0 Å². The summed E-state index contributed by atoms with van der Waals surface area (Å²) < 4.78 is 5.56. The van der Waals surface area contributed by atoms with Crippen LogP contribution >= 0.6 is 0 Å². The molecule has 1 aromatic carbocycles. The number of benzene rings is 1. The monoisotopic (exact) mass is 203 g/mol. The Morgan fingerprint density at radius 2 is 2.27 bits per heavy atom. The highest BCUT2D eigenvalue weighted by Gasteiger charge is 1.99. The van der Waals surface area contributed by atoms with Crippen LogP contribution < -0.4 is 10.5 Å². The molecule has 0 saturated carbocycles. The molecule has 1 aromatic heterocycles. The van der Waals surface area contributed by atoms with E-state index in [1.54, 1.807) is 6.07 Å². The number of nitrogens with two attached hydrogens (primary N) is 1. The average Bonchev–Trinajstić information content (AvgIpc) is 2.62. The van der Waals surface area contributed by atoms with Gasteiger partial charge in [0.05, 0.1) is 5.69 Å². The molecule has 0 unspecified atom stereocenters. The molecule has 0 aliphatic carbocycles. The predicted molar refractivity (Wildman–Crippen MR) is 58.5 cm³/mol. The zero-order valence-corrected chi connectivity index (χ0v) is 8.53. The second-order valence-electron chi connectivity index (χ2n) is 3.42. The molecule has 0 spiro atoms. The number of nitrogens with one attached hydrogen (secondary N) is 1. The quantitative estimate of drug-likeness (QED) is 0.800. The van der Waals surface area contributed by atoms with Gasteiger partial charge in [0.2, 0.25) is 0 Å². The molecule has 2 rings (SSSR count). The third kappa shape index (κ3) is 2.49. The lowest BCUT2D eigenvalue weighted by molar-refractivity contribution is 0.301. The van der Waals surface area contributed by atoms with E-state index in [1.807, 2.05) is 31.2 Å². The van der Waals surface area contributed by atoms with E-state index in [4.69, 9.17) is 10.5 Å². The van der Waals surface area contributed by atoms with Gasteiger partial charge in [0, 0.05) is 6.07 Å². The fourth-order valence-electron chi connectivity index (χ4n) is 1.32. The van der Waals surface area contributed by atoms with Crippen molar-refractivity contribution in [2.24, 2.45) is 0 Å². The third-order valence-electron chi connectivity index (χ3n) is 2.03. The van der Waals surface area contributed by atoms with Crippen molar-refractivity contribution in [3.05, 3.63) is 41.6 Å². The predicted octanol–water partition coefficient (Wildman–Crippen LogP) is 1.88. The summed E-state index contributed by atoms with van der Waals surface area (Å²) in [5.74, 6) is 1.33. The third-order valence-corrected chi connectivity index (χ3v) is 2.03. The van der Waals surface area contributed by atoms with E-state index in [1.165, 1.54) is 5.56 Å². The van der Waals surface area contributed by atoms with E-state index < -0.39 is 0 Å². The lowest BCUT2D eigenvalue weighted by atomic mass is 10.2. The van der Waals surface area contributed by atoms with E-state index in [0.29, 0.717) is 12.4 Å². The highest BCUT2D eigenvalue weighted by molar-refractivity contribution is 5.30. The molecule has 0 aliphatic heterocycles. The number of nitrogen functional groups attached to an aromatic ring is 1. The SMILES string of the molecule is Cc1cccc(OCc2cc(N)n[nH]2)c1. The average molecular weight is 203 g/mol. The molecule has 15 heavy (non-hydrogen) atoms. The first-order chi connectivity index (χ1) is 7.24. The van der Waals surface area contributed by atoms with Gasteiger partial charge in [-0.15, -0.1) is 0 Å². The number of nitrogens with zero attached hydrogens (tertiary/aromatic N) is 1. The summed E-state index contributed by atoms with van der Waals surface area (Å²) in [5, 5.41) is 6.61. The van der Waals surface area contributed by atoms with Crippen LogP contribution in [0.1, 0.15) is 11.3 Å². The molecule has 0 saturated heterocycles. The fraction of sp³-hybridized carbons (Fsp3) is 0.182. The van der Waals surface area contributed by atoms with Crippen LogP contribution in [-0.4, -0.2) is 10.2 Å². The summed E-state index contributed by atoms with van der Waals surface area (Å²) in [4.78, 5) is 0. The standard InChI is InChI=1S/C11H13N3O/c1-8-3-2-4-10(5-8)15-7-9-6-11(12)14-13-9/h2-6H,7H2,1H3,(H3,12,13,14). The molecule has 0 bridgehead atoms. The fourth-order valence-corrected chi connectivity index (χ4v) is 1.32. The summed E-state index contributed by atoms with van der Waals surface area (Å²) in [5.41, 5.74) is 7.52. The summed E-state index contributed by atoms with van der Waals surface area (Å²) in [6, 6.07) is 9.66. The largest absolute Gasteiger partial charge is 0.487 e. The van der Waals surface area contributed by atoms with Crippen LogP contribution in [0.4, 0.5) is 5.82 Å². The second-order valence-corrected chi connectivity index (χ2v) is 3.42. The molecule has 4 nitrogen and oxygen atoms in total. The Kier molecular flexibility index (Phi) is 2.58. The Labute approximate surface area is 88.1 Å². The zero-order chi connectivity index (χ0) is 10.7. The topological polar surface area (TPSA) is 63.9 Å². The Balaban J connectivity index is 1.99. The molecule has 1 heterocycles. The van der Waals surface area contributed by atoms with Crippen molar-refractivity contribution in [3.8, 4) is 5.75 Å². The molecule has 78 valence electrons. The van der Waals surface area contributed by atoms with Crippen molar-refractivity contribution in [3.63, 3.8) is 0 Å². The van der Waals surface area contributed by atoms with Gasteiger partial charge in [-0.05, 0) is 24.6 Å². The van der Waals surface area contributed by atoms with Gasteiger partial charge in [0.1, 0.15) is 18.2 Å². The molecule has 0 radical (unpaired) electrons. The summed E-state index contributed by atoms with van der Waals surface area (Å²) in [6.45, 7) is 2.48. The van der Waals surface area contributed by atoms with Crippen molar-refractivity contribution in [2.45, 2.75) is 13.5 Å². The molecular weight excluding hydrogens is 190 g/mol. The van der Waals surface area contributed by atoms with E-state index in [0.717, 1.165) is 11.4 Å². The summed E-state index contributed by atoms with van der Waals surface area (Å²) in [7, 11) is 0. The Hall–Kier alpha value is -1.97. The van der Waals surface area contributed by atoms with E-state index in [-0.39, 0.29) is 0 Å². The van der Waals surface area contributed by atoms with Crippen molar-refractivity contribution in [1.82, 2.24) is 10.2 Å². The number of ether oxygens (including phenoxy) is 1.